The van der Waals surface area contributed by atoms with Gasteiger partial charge < -0.3 is 10.6 Å². The number of carbonyl (C=O) groups excluding carboxylic acids is 2. The van der Waals surface area contributed by atoms with Crippen LogP contribution in [0.25, 0.3) is 10.8 Å². The van der Waals surface area contributed by atoms with Crippen LogP contribution in [0.15, 0.2) is 30.3 Å². The van der Waals surface area contributed by atoms with Crippen LogP contribution in [-0.4, -0.2) is 11.8 Å². The van der Waals surface area contributed by atoms with Crippen molar-refractivity contribution in [2.75, 3.05) is 10.6 Å². The van der Waals surface area contributed by atoms with E-state index in [0.717, 1.165) is 22.1 Å². The maximum Gasteiger partial charge on any atom is 0.256 e. The highest BCUT2D eigenvalue weighted by atomic mass is 16.2. The Morgan fingerprint density at radius 1 is 1.15 bits per heavy atom. The Bertz CT molecular complexity index is 742. The van der Waals surface area contributed by atoms with Crippen molar-refractivity contribution in [2.24, 2.45) is 5.41 Å². The second kappa shape index (κ2) is 4.07. The molecule has 0 atom stereocenters. The van der Waals surface area contributed by atoms with E-state index in [0.29, 0.717) is 5.56 Å². The monoisotopic (exact) mass is 268 g/mol. The molecule has 102 valence electrons. The molecule has 0 spiro atoms. The molecule has 1 aliphatic heterocycles. The molecule has 1 aliphatic rings. The zero-order chi connectivity index (χ0) is 14.5. The fourth-order valence-corrected chi connectivity index (χ4v) is 2.31. The molecule has 2 N–H and O–H groups in total. The second-order valence-electron chi connectivity index (χ2n) is 6.05. The van der Waals surface area contributed by atoms with Crippen LogP contribution in [-0.2, 0) is 4.79 Å². The van der Waals surface area contributed by atoms with Crippen molar-refractivity contribution in [1.82, 2.24) is 0 Å². The molecule has 0 fully saturated rings. The Morgan fingerprint density at radius 3 is 2.60 bits per heavy atom. The van der Waals surface area contributed by atoms with Crippen molar-refractivity contribution >= 4 is 34.0 Å². The number of rotatable bonds is 1. The lowest BCUT2D eigenvalue weighted by Gasteiger charge is -2.18. The van der Waals surface area contributed by atoms with Crippen molar-refractivity contribution in [1.29, 1.82) is 0 Å². The van der Waals surface area contributed by atoms with Crippen molar-refractivity contribution in [3.05, 3.63) is 35.9 Å². The maximum absolute atomic E-state index is 12.1. The summed E-state index contributed by atoms with van der Waals surface area (Å²) in [6.45, 7) is 5.61. The number of carbonyl (C=O) groups is 2. The van der Waals surface area contributed by atoms with Crippen LogP contribution >= 0.6 is 0 Å². The number of amides is 2. The number of benzene rings is 2. The average Bonchev–Trinajstić information content (AvgIpc) is 2.70. The molecule has 0 aliphatic carbocycles. The fourth-order valence-electron chi connectivity index (χ4n) is 2.31. The number of anilines is 2. The van der Waals surface area contributed by atoms with Gasteiger partial charge in [-0.05, 0) is 18.2 Å². The molecule has 0 saturated carbocycles. The van der Waals surface area contributed by atoms with Crippen molar-refractivity contribution in [3.63, 3.8) is 0 Å². The van der Waals surface area contributed by atoms with Crippen LogP contribution in [0.2, 0.25) is 0 Å². The van der Waals surface area contributed by atoms with E-state index >= 15 is 0 Å². The van der Waals surface area contributed by atoms with Gasteiger partial charge in [0.05, 0.1) is 0 Å². The summed E-state index contributed by atoms with van der Waals surface area (Å²) in [4.78, 5) is 24.0. The first kappa shape index (κ1) is 12.7. The smallest absolute Gasteiger partial charge is 0.256 e. The molecule has 0 unspecified atom stereocenters. The van der Waals surface area contributed by atoms with E-state index in [1.165, 1.54) is 0 Å². The first-order valence-corrected chi connectivity index (χ1v) is 6.56. The number of nitrogens with one attached hydrogen (secondary N) is 2. The van der Waals surface area contributed by atoms with Crippen LogP contribution in [0.4, 0.5) is 11.4 Å². The summed E-state index contributed by atoms with van der Waals surface area (Å²) in [5.41, 5.74) is 1.73. The third kappa shape index (κ3) is 1.84. The minimum atomic E-state index is -0.461. The van der Waals surface area contributed by atoms with Crippen molar-refractivity contribution in [3.8, 4) is 0 Å². The molecule has 4 heteroatoms. The quantitative estimate of drug-likeness (QED) is 0.832. The van der Waals surface area contributed by atoms with Gasteiger partial charge in [-0.3, -0.25) is 9.59 Å². The molecule has 4 nitrogen and oxygen atoms in total. The van der Waals surface area contributed by atoms with Crippen LogP contribution in [0, 0.1) is 5.41 Å². The average molecular weight is 268 g/mol. The molecule has 0 saturated heterocycles. The number of hydrogen-bond donors (Lipinski definition) is 2. The van der Waals surface area contributed by atoms with E-state index in [2.05, 4.69) is 10.6 Å². The van der Waals surface area contributed by atoms with E-state index in [1.54, 1.807) is 6.07 Å². The summed E-state index contributed by atoms with van der Waals surface area (Å²) in [6, 6.07) is 9.20. The number of hydrogen-bond acceptors (Lipinski definition) is 2. The van der Waals surface area contributed by atoms with Crippen LogP contribution in [0.5, 0.6) is 0 Å². The van der Waals surface area contributed by atoms with E-state index in [-0.39, 0.29) is 11.8 Å². The lowest BCUT2D eigenvalue weighted by molar-refractivity contribution is -0.123. The van der Waals surface area contributed by atoms with Gasteiger partial charge in [0.25, 0.3) is 5.91 Å². The molecule has 3 rings (SSSR count). The standard InChI is InChI=1S/C16H16N2O2/c1-16(2,3)15(20)18-11-7-8-12-13-9(11)5-4-6-10(13)14(19)17-12/h4-8H,1-3H3,(H,17,19)(H,18,20). The molecule has 2 aromatic rings. The summed E-state index contributed by atoms with van der Waals surface area (Å²) in [6.07, 6.45) is 0. The molecule has 1 heterocycles. The van der Waals surface area contributed by atoms with E-state index in [9.17, 15) is 9.59 Å². The van der Waals surface area contributed by atoms with Gasteiger partial charge in [-0.25, -0.2) is 0 Å². The van der Waals surface area contributed by atoms with Gasteiger partial charge in [0.1, 0.15) is 0 Å². The highest BCUT2D eigenvalue weighted by Gasteiger charge is 2.25. The van der Waals surface area contributed by atoms with Crippen molar-refractivity contribution in [2.45, 2.75) is 20.8 Å². The Hall–Kier alpha value is -2.36. The molecule has 0 radical (unpaired) electrons. The van der Waals surface area contributed by atoms with Gasteiger partial charge in [0, 0.05) is 33.1 Å². The van der Waals surface area contributed by atoms with Gasteiger partial charge in [0.15, 0.2) is 0 Å². The topological polar surface area (TPSA) is 58.2 Å². The highest BCUT2D eigenvalue weighted by Crippen LogP contribution is 2.37. The van der Waals surface area contributed by atoms with Crippen LogP contribution < -0.4 is 10.6 Å². The van der Waals surface area contributed by atoms with Gasteiger partial charge in [-0.15, -0.1) is 0 Å². The minimum Gasteiger partial charge on any atom is -0.325 e. The Labute approximate surface area is 117 Å². The Kier molecular flexibility index (Phi) is 2.57. The summed E-state index contributed by atoms with van der Waals surface area (Å²) in [7, 11) is 0. The molecule has 0 bridgehead atoms. The molecular formula is C16H16N2O2. The van der Waals surface area contributed by atoms with Crippen molar-refractivity contribution < 1.29 is 9.59 Å². The van der Waals surface area contributed by atoms with E-state index in [1.807, 2.05) is 45.0 Å². The highest BCUT2D eigenvalue weighted by molar-refractivity contribution is 6.26. The summed E-state index contributed by atoms with van der Waals surface area (Å²) in [5, 5.41) is 7.54. The Balaban J connectivity index is 2.13. The lowest BCUT2D eigenvalue weighted by Crippen LogP contribution is -2.27. The molecule has 2 amide bonds. The molecule has 20 heavy (non-hydrogen) atoms. The third-order valence-corrected chi connectivity index (χ3v) is 3.46. The third-order valence-electron chi connectivity index (χ3n) is 3.46. The normalized spacial score (nSPS) is 13.4. The summed E-state index contributed by atoms with van der Waals surface area (Å²) >= 11 is 0. The largest absolute Gasteiger partial charge is 0.325 e. The fraction of sp³-hybridized carbons (Fsp3) is 0.250. The molecular weight excluding hydrogens is 252 g/mol. The summed E-state index contributed by atoms with van der Waals surface area (Å²) < 4.78 is 0. The van der Waals surface area contributed by atoms with E-state index in [4.69, 9.17) is 0 Å². The second-order valence-corrected chi connectivity index (χ2v) is 6.05. The predicted octanol–water partition coefficient (Wildman–Crippen LogP) is 3.39. The SMILES string of the molecule is CC(C)(C)C(=O)Nc1ccc2c3c(cccc13)C(=O)N2. The lowest BCUT2D eigenvalue weighted by atomic mass is 9.95. The van der Waals surface area contributed by atoms with Gasteiger partial charge in [-0.1, -0.05) is 32.9 Å². The van der Waals surface area contributed by atoms with Gasteiger partial charge in [-0.2, -0.15) is 0 Å². The van der Waals surface area contributed by atoms with Gasteiger partial charge in [0.2, 0.25) is 5.91 Å². The van der Waals surface area contributed by atoms with Gasteiger partial charge >= 0.3 is 0 Å². The molecule has 0 aromatic heterocycles. The zero-order valence-electron chi connectivity index (χ0n) is 11.7. The minimum absolute atomic E-state index is 0.0458. The van der Waals surface area contributed by atoms with Crippen LogP contribution in [0.1, 0.15) is 31.1 Å². The van der Waals surface area contributed by atoms with E-state index < -0.39 is 5.41 Å². The zero-order valence-corrected chi connectivity index (χ0v) is 11.7. The van der Waals surface area contributed by atoms with Crippen LogP contribution in [0.3, 0.4) is 0 Å². The first-order chi connectivity index (χ1) is 9.38. The Morgan fingerprint density at radius 2 is 1.90 bits per heavy atom. The molecule has 2 aromatic carbocycles. The predicted molar refractivity (Wildman–Crippen MR) is 80.0 cm³/mol. The summed E-state index contributed by atoms with van der Waals surface area (Å²) in [5.74, 6) is -0.139. The first-order valence-electron chi connectivity index (χ1n) is 6.56. The maximum atomic E-state index is 12.1.